The highest BCUT2D eigenvalue weighted by atomic mass is 16.5. The summed E-state index contributed by atoms with van der Waals surface area (Å²) in [5, 5.41) is 7.36. The van der Waals surface area contributed by atoms with E-state index in [0.717, 1.165) is 11.3 Å². The molecule has 8 nitrogen and oxygen atoms in total. The van der Waals surface area contributed by atoms with Crippen molar-refractivity contribution in [3.8, 4) is 5.75 Å². The maximum absolute atomic E-state index is 12.6. The summed E-state index contributed by atoms with van der Waals surface area (Å²) in [4.78, 5) is 16.8. The SMILES string of the molecule is CCOC(=O)C1=C(OCC)n2ncnc2NC1c1ccc(OC)cc1. The fourth-order valence-electron chi connectivity index (χ4n) is 2.66. The van der Waals surface area contributed by atoms with Crippen LogP contribution in [0.25, 0.3) is 5.88 Å². The summed E-state index contributed by atoms with van der Waals surface area (Å²) < 4.78 is 17.6. The van der Waals surface area contributed by atoms with Gasteiger partial charge in [-0.2, -0.15) is 14.8 Å². The molecule has 1 unspecified atom stereocenters. The minimum Gasteiger partial charge on any atom is -0.497 e. The molecule has 0 aliphatic carbocycles. The van der Waals surface area contributed by atoms with Crippen LogP contribution in [0.4, 0.5) is 5.95 Å². The van der Waals surface area contributed by atoms with E-state index in [4.69, 9.17) is 14.2 Å². The van der Waals surface area contributed by atoms with E-state index in [1.165, 1.54) is 11.0 Å². The Morgan fingerprint density at radius 3 is 2.64 bits per heavy atom. The third-order valence-electron chi connectivity index (χ3n) is 3.76. The van der Waals surface area contributed by atoms with Gasteiger partial charge in [0.05, 0.1) is 26.4 Å². The molecule has 132 valence electrons. The average Bonchev–Trinajstić information content (AvgIpc) is 3.10. The van der Waals surface area contributed by atoms with Gasteiger partial charge in [0.15, 0.2) is 0 Å². The van der Waals surface area contributed by atoms with Crippen molar-refractivity contribution in [2.45, 2.75) is 19.9 Å². The number of esters is 1. The summed E-state index contributed by atoms with van der Waals surface area (Å²) in [6.07, 6.45) is 1.40. The highest BCUT2D eigenvalue weighted by molar-refractivity contribution is 5.97. The number of rotatable bonds is 6. The van der Waals surface area contributed by atoms with Crippen LogP contribution >= 0.6 is 0 Å². The molecule has 2 aromatic rings. The van der Waals surface area contributed by atoms with Gasteiger partial charge in [0.2, 0.25) is 11.8 Å². The standard InChI is InChI=1S/C17H20N4O4/c1-4-24-15-13(16(22)25-5-2)14(20-17-18-10-19-21(15)17)11-6-8-12(23-3)9-7-11/h6-10,14H,4-5H2,1-3H3,(H,18,19,20). The highest BCUT2D eigenvalue weighted by Crippen LogP contribution is 2.36. The molecule has 1 aromatic carbocycles. The van der Waals surface area contributed by atoms with Crippen LogP contribution in [0.5, 0.6) is 5.75 Å². The second-order valence-electron chi connectivity index (χ2n) is 5.22. The van der Waals surface area contributed by atoms with Gasteiger partial charge in [0.1, 0.15) is 17.6 Å². The number of aromatic nitrogens is 3. The lowest BCUT2D eigenvalue weighted by Gasteiger charge is -2.28. The Labute approximate surface area is 145 Å². The van der Waals surface area contributed by atoms with E-state index in [1.807, 2.05) is 31.2 Å². The summed E-state index contributed by atoms with van der Waals surface area (Å²) >= 11 is 0. The molecule has 1 aliphatic rings. The molecule has 0 fully saturated rings. The van der Waals surface area contributed by atoms with E-state index in [-0.39, 0.29) is 6.61 Å². The predicted octanol–water partition coefficient (Wildman–Crippen LogP) is 2.22. The van der Waals surface area contributed by atoms with Gasteiger partial charge in [-0.05, 0) is 31.5 Å². The zero-order valence-corrected chi connectivity index (χ0v) is 14.4. The number of anilines is 1. The summed E-state index contributed by atoms with van der Waals surface area (Å²) in [7, 11) is 1.60. The molecule has 25 heavy (non-hydrogen) atoms. The lowest BCUT2D eigenvalue weighted by atomic mass is 9.97. The van der Waals surface area contributed by atoms with Gasteiger partial charge in [0.25, 0.3) is 0 Å². The molecule has 2 heterocycles. The molecule has 0 saturated carbocycles. The minimum absolute atomic E-state index is 0.265. The van der Waals surface area contributed by atoms with Crippen molar-refractivity contribution in [3.05, 3.63) is 41.7 Å². The number of methoxy groups -OCH3 is 1. The van der Waals surface area contributed by atoms with Crippen LogP contribution in [-0.4, -0.2) is 41.1 Å². The maximum atomic E-state index is 12.6. The highest BCUT2D eigenvalue weighted by Gasteiger charge is 2.36. The summed E-state index contributed by atoms with van der Waals surface area (Å²) in [5.41, 5.74) is 1.21. The van der Waals surface area contributed by atoms with Crippen molar-refractivity contribution in [1.82, 2.24) is 14.8 Å². The van der Waals surface area contributed by atoms with Gasteiger partial charge in [-0.3, -0.25) is 0 Å². The second kappa shape index (κ2) is 7.25. The van der Waals surface area contributed by atoms with Gasteiger partial charge >= 0.3 is 5.97 Å². The molecule has 1 atom stereocenters. The molecule has 1 aliphatic heterocycles. The monoisotopic (exact) mass is 344 g/mol. The zero-order chi connectivity index (χ0) is 17.8. The van der Waals surface area contributed by atoms with Crippen molar-refractivity contribution in [2.75, 3.05) is 25.6 Å². The fourth-order valence-corrected chi connectivity index (χ4v) is 2.66. The Bertz CT molecular complexity index is 782. The van der Waals surface area contributed by atoms with Gasteiger partial charge < -0.3 is 19.5 Å². The maximum Gasteiger partial charge on any atom is 0.341 e. The van der Waals surface area contributed by atoms with Crippen LogP contribution in [0, 0.1) is 0 Å². The third-order valence-corrected chi connectivity index (χ3v) is 3.76. The predicted molar refractivity (Wildman–Crippen MR) is 90.9 cm³/mol. The van der Waals surface area contributed by atoms with Crippen LogP contribution in [0.2, 0.25) is 0 Å². The van der Waals surface area contributed by atoms with Crippen molar-refractivity contribution in [1.29, 1.82) is 0 Å². The number of hydrogen-bond donors (Lipinski definition) is 1. The number of fused-ring (bicyclic) bond motifs is 1. The zero-order valence-electron chi connectivity index (χ0n) is 14.4. The largest absolute Gasteiger partial charge is 0.497 e. The number of carbonyl (C=O) groups is 1. The smallest absolute Gasteiger partial charge is 0.341 e. The fraction of sp³-hybridized carbons (Fsp3) is 0.353. The summed E-state index contributed by atoms with van der Waals surface area (Å²) in [5.74, 6) is 1.10. The molecule has 0 radical (unpaired) electrons. The summed E-state index contributed by atoms with van der Waals surface area (Å²) in [6, 6.07) is 6.96. The molecular weight excluding hydrogens is 324 g/mol. The van der Waals surface area contributed by atoms with Gasteiger partial charge in [-0.25, -0.2) is 4.79 Å². The Morgan fingerprint density at radius 2 is 2.00 bits per heavy atom. The lowest BCUT2D eigenvalue weighted by Crippen LogP contribution is -2.30. The van der Waals surface area contributed by atoms with Crippen molar-refractivity contribution in [2.24, 2.45) is 0 Å². The molecular formula is C17H20N4O4. The van der Waals surface area contributed by atoms with E-state index in [0.29, 0.717) is 24.0 Å². The first-order valence-electron chi connectivity index (χ1n) is 8.04. The van der Waals surface area contributed by atoms with Gasteiger partial charge in [-0.15, -0.1) is 0 Å². The lowest BCUT2D eigenvalue weighted by molar-refractivity contribution is -0.138. The third kappa shape index (κ3) is 3.15. The molecule has 0 saturated heterocycles. The topological polar surface area (TPSA) is 87.5 Å². The van der Waals surface area contributed by atoms with E-state index in [2.05, 4.69) is 15.4 Å². The van der Waals surface area contributed by atoms with Crippen LogP contribution < -0.4 is 10.1 Å². The molecule has 8 heteroatoms. The minimum atomic E-state index is -0.469. The second-order valence-corrected chi connectivity index (χ2v) is 5.22. The quantitative estimate of drug-likeness (QED) is 0.804. The first-order chi connectivity index (χ1) is 12.2. The number of carbonyl (C=O) groups excluding carboxylic acids is 1. The molecule has 3 rings (SSSR count). The van der Waals surface area contributed by atoms with Crippen molar-refractivity contribution < 1.29 is 19.0 Å². The Balaban J connectivity index is 2.11. The Morgan fingerprint density at radius 1 is 1.24 bits per heavy atom. The van der Waals surface area contributed by atoms with Crippen molar-refractivity contribution >= 4 is 17.8 Å². The number of nitrogens with zero attached hydrogens (tertiary/aromatic N) is 3. The summed E-state index contributed by atoms with van der Waals surface area (Å²) in [6.45, 7) is 4.25. The molecule has 0 amide bonds. The number of ether oxygens (including phenoxy) is 3. The number of hydrogen-bond acceptors (Lipinski definition) is 7. The normalized spacial score (nSPS) is 16.0. The Hall–Kier alpha value is -3.03. The number of nitrogens with one attached hydrogen (secondary N) is 1. The van der Waals surface area contributed by atoms with Crippen LogP contribution in [0.15, 0.2) is 36.2 Å². The van der Waals surface area contributed by atoms with E-state index in [9.17, 15) is 4.79 Å². The van der Waals surface area contributed by atoms with E-state index in [1.54, 1.807) is 14.0 Å². The molecule has 1 N–H and O–H groups in total. The Kier molecular flexibility index (Phi) is 4.87. The molecule has 1 aromatic heterocycles. The first kappa shape index (κ1) is 16.8. The van der Waals surface area contributed by atoms with Gasteiger partial charge in [0, 0.05) is 0 Å². The molecule has 0 bridgehead atoms. The van der Waals surface area contributed by atoms with E-state index >= 15 is 0 Å². The van der Waals surface area contributed by atoms with Crippen molar-refractivity contribution in [3.63, 3.8) is 0 Å². The van der Waals surface area contributed by atoms with Crippen LogP contribution in [0.1, 0.15) is 25.5 Å². The average molecular weight is 344 g/mol. The molecule has 0 spiro atoms. The van der Waals surface area contributed by atoms with Gasteiger partial charge in [-0.1, -0.05) is 12.1 Å². The van der Waals surface area contributed by atoms with Crippen LogP contribution in [0.3, 0.4) is 0 Å². The number of benzene rings is 1. The first-order valence-corrected chi connectivity index (χ1v) is 8.04. The van der Waals surface area contributed by atoms with Crippen LogP contribution in [-0.2, 0) is 14.3 Å². The van der Waals surface area contributed by atoms with E-state index < -0.39 is 12.0 Å².